The second-order valence-corrected chi connectivity index (χ2v) is 9.07. The fourth-order valence-corrected chi connectivity index (χ4v) is 4.01. The molecule has 2 heteroatoms. The van der Waals surface area contributed by atoms with Gasteiger partial charge in [0.2, 0.25) is 0 Å². The molecule has 0 aromatic heterocycles. The van der Waals surface area contributed by atoms with Crippen LogP contribution in [0.2, 0.25) is 0 Å². The molecule has 2 nitrogen and oxygen atoms in total. The summed E-state index contributed by atoms with van der Waals surface area (Å²) in [4.78, 5) is 0. The third-order valence-corrected chi connectivity index (χ3v) is 6.13. The zero-order valence-corrected chi connectivity index (χ0v) is 19.4. The molecule has 0 spiro atoms. The maximum atomic E-state index is 5.64. The SMILES string of the molecule is CCCCCCCCCCCCCCCCCCCCCCOCCC1CO1. The lowest BCUT2D eigenvalue weighted by molar-refractivity contribution is 0.121. The van der Waals surface area contributed by atoms with E-state index in [1.54, 1.807) is 0 Å². The van der Waals surface area contributed by atoms with E-state index in [0.29, 0.717) is 6.10 Å². The molecule has 0 radical (unpaired) electrons. The topological polar surface area (TPSA) is 21.8 Å². The second-order valence-electron chi connectivity index (χ2n) is 9.07. The Kier molecular flexibility index (Phi) is 20.0. The molecule has 0 aliphatic carbocycles. The highest BCUT2D eigenvalue weighted by molar-refractivity contribution is 4.67. The third-order valence-electron chi connectivity index (χ3n) is 6.13. The van der Waals surface area contributed by atoms with Crippen LogP contribution in [0.15, 0.2) is 0 Å². The van der Waals surface area contributed by atoms with Gasteiger partial charge in [-0.2, -0.15) is 0 Å². The van der Waals surface area contributed by atoms with Crippen LogP contribution in [0.3, 0.4) is 0 Å². The predicted octanol–water partition coefficient (Wildman–Crippen LogP) is 8.61. The molecule has 1 fully saturated rings. The quantitative estimate of drug-likeness (QED) is 0.120. The summed E-state index contributed by atoms with van der Waals surface area (Å²) in [7, 11) is 0. The van der Waals surface area contributed by atoms with Gasteiger partial charge in [-0.05, 0) is 12.8 Å². The highest BCUT2D eigenvalue weighted by Gasteiger charge is 2.21. The van der Waals surface area contributed by atoms with Crippen LogP contribution in [0.4, 0.5) is 0 Å². The molecule has 1 unspecified atom stereocenters. The van der Waals surface area contributed by atoms with Crippen LogP contribution in [0.1, 0.15) is 142 Å². The molecule has 0 saturated carbocycles. The summed E-state index contributed by atoms with van der Waals surface area (Å²) in [6.45, 7) is 5.10. The Hall–Kier alpha value is -0.0800. The smallest absolute Gasteiger partial charge is 0.0831 e. The molecule has 0 aromatic carbocycles. The van der Waals surface area contributed by atoms with Crippen LogP contribution in [0.25, 0.3) is 0 Å². The van der Waals surface area contributed by atoms with E-state index in [0.717, 1.165) is 26.2 Å². The molecule has 0 bridgehead atoms. The van der Waals surface area contributed by atoms with Crippen LogP contribution in [-0.4, -0.2) is 25.9 Å². The normalized spacial score (nSPS) is 16.0. The molecule has 0 aromatic rings. The Morgan fingerprint density at radius 1 is 0.536 bits per heavy atom. The first kappa shape index (κ1) is 26.0. The molecule has 1 atom stereocenters. The van der Waals surface area contributed by atoms with Gasteiger partial charge >= 0.3 is 0 Å². The van der Waals surface area contributed by atoms with Gasteiger partial charge in [0, 0.05) is 13.2 Å². The monoisotopic (exact) mass is 396 g/mol. The number of rotatable bonds is 24. The van der Waals surface area contributed by atoms with Gasteiger partial charge in [-0.3, -0.25) is 0 Å². The van der Waals surface area contributed by atoms with E-state index in [1.807, 2.05) is 0 Å². The highest BCUT2D eigenvalue weighted by Crippen LogP contribution is 2.15. The number of hydrogen-bond acceptors (Lipinski definition) is 2. The lowest BCUT2D eigenvalue weighted by Gasteiger charge is -2.04. The Morgan fingerprint density at radius 3 is 1.25 bits per heavy atom. The van der Waals surface area contributed by atoms with E-state index < -0.39 is 0 Å². The standard InChI is InChI=1S/C26H52O2/c1-2-3-4-5-6-7-8-9-10-11-12-13-14-15-16-17-18-19-20-21-23-27-24-22-26-25-28-26/h26H,2-25H2,1H3. The van der Waals surface area contributed by atoms with Crippen molar-refractivity contribution < 1.29 is 9.47 Å². The minimum Gasteiger partial charge on any atom is -0.381 e. The molecule has 1 saturated heterocycles. The maximum absolute atomic E-state index is 5.64. The van der Waals surface area contributed by atoms with Gasteiger partial charge in [0.25, 0.3) is 0 Å². The fraction of sp³-hybridized carbons (Fsp3) is 1.00. The first-order valence-corrected chi connectivity index (χ1v) is 13.1. The Balaban J connectivity index is 1.58. The molecule has 28 heavy (non-hydrogen) atoms. The van der Waals surface area contributed by atoms with Gasteiger partial charge in [0.05, 0.1) is 12.7 Å². The maximum Gasteiger partial charge on any atom is 0.0831 e. The van der Waals surface area contributed by atoms with E-state index in [4.69, 9.17) is 9.47 Å². The van der Waals surface area contributed by atoms with E-state index in [2.05, 4.69) is 6.92 Å². The van der Waals surface area contributed by atoms with Crippen molar-refractivity contribution in [1.29, 1.82) is 0 Å². The first-order valence-electron chi connectivity index (χ1n) is 13.1. The molecule has 1 heterocycles. The van der Waals surface area contributed by atoms with Crippen molar-refractivity contribution in [3.8, 4) is 0 Å². The van der Waals surface area contributed by atoms with Crippen molar-refractivity contribution in [2.45, 2.75) is 148 Å². The fourth-order valence-electron chi connectivity index (χ4n) is 4.01. The Morgan fingerprint density at radius 2 is 0.893 bits per heavy atom. The van der Waals surface area contributed by atoms with Gasteiger partial charge in [0.1, 0.15) is 0 Å². The third kappa shape index (κ3) is 20.6. The summed E-state index contributed by atoms with van der Waals surface area (Å²) in [5, 5.41) is 0. The lowest BCUT2D eigenvalue weighted by Crippen LogP contribution is -2.00. The number of ether oxygens (including phenoxy) is 2. The second kappa shape index (κ2) is 21.6. The summed E-state index contributed by atoms with van der Waals surface area (Å²) in [6.07, 6.45) is 30.4. The minimum atomic E-state index is 0.523. The van der Waals surface area contributed by atoms with Gasteiger partial charge in [-0.15, -0.1) is 0 Å². The molecule has 0 N–H and O–H groups in total. The molecule has 0 amide bonds. The van der Waals surface area contributed by atoms with Crippen molar-refractivity contribution in [2.75, 3.05) is 19.8 Å². The summed E-state index contributed by atoms with van der Waals surface area (Å²) in [5.74, 6) is 0. The Labute approximate surface area is 177 Å². The van der Waals surface area contributed by atoms with Crippen LogP contribution in [0.5, 0.6) is 0 Å². The lowest BCUT2D eigenvalue weighted by atomic mass is 10.0. The summed E-state index contributed by atoms with van der Waals surface area (Å²) in [6, 6.07) is 0. The van der Waals surface area contributed by atoms with Crippen LogP contribution < -0.4 is 0 Å². The van der Waals surface area contributed by atoms with Crippen molar-refractivity contribution in [2.24, 2.45) is 0 Å². The molecule has 1 aliphatic heterocycles. The van der Waals surface area contributed by atoms with Crippen molar-refractivity contribution in [1.82, 2.24) is 0 Å². The number of hydrogen-bond donors (Lipinski definition) is 0. The predicted molar refractivity (Wildman–Crippen MR) is 123 cm³/mol. The van der Waals surface area contributed by atoms with E-state index in [-0.39, 0.29) is 0 Å². The Bertz CT molecular complexity index is 288. The average Bonchev–Trinajstić information content (AvgIpc) is 3.53. The molecular weight excluding hydrogens is 344 g/mol. The average molecular weight is 397 g/mol. The van der Waals surface area contributed by atoms with Gasteiger partial charge in [-0.25, -0.2) is 0 Å². The van der Waals surface area contributed by atoms with E-state index >= 15 is 0 Å². The molecule has 1 aliphatic rings. The highest BCUT2D eigenvalue weighted by atomic mass is 16.6. The van der Waals surface area contributed by atoms with Crippen molar-refractivity contribution in [3.05, 3.63) is 0 Å². The minimum absolute atomic E-state index is 0.523. The first-order chi connectivity index (χ1) is 13.9. The molecule has 1 rings (SSSR count). The van der Waals surface area contributed by atoms with Gasteiger partial charge in [0.15, 0.2) is 0 Å². The van der Waals surface area contributed by atoms with Gasteiger partial charge < -0.3 is 9.47 Å². The molecular formula is C26H52O2. The van der Waals surface area contributed by atoms with Crippen LogP contribution in [0, 0.1) is 0 Å². The van der Waals surface area contributed by atoms with Crippen molar-refractivity contribution in [3.63, 3.8) is 0 Å². The van der Waals surface area contributed by atoms with E-state index in [9.17, 15) is 0 Å². The van der Waals surface area contributed by atoms with Crippen molar-refractivity contribution >= 4 is 0 Å². The largest absolute Gasteiger partial charge is 0.381 e. The number of unbranched alkanes of at least 4 members (excludes halogenated alkanes) is 19. The van der Waals surface area contributed by atoms with E-state index in [1.165, 1.54) is 128 Å². The number of epoxide rings is 1. The summed E-state index contributed by atoms with van der Waals surface area (Å²) < 4.78 is 10.8. The zero-order chi connectivity index (χ0) is 20.0. The van der Waals surface area contributed by atoms with Gasteiger partial charge in [-0.1, -0.05) is 129 Å². The zero-order valence-electron chi connectivity index (χ0n) is 19.4. The molecule has 168 valence electrons. The van der Waals surface area contributed by atoms with Crippen LogP contribution >= 0.6 is 0 Å². The summed E-state index contributed by atoms with van der Waals surface area (Å²) in [5.41, 5.74) is 0. The summed E-state index contributed by atoms with van der Waals surface area (Å²) >= 11 is 0. The van der Waals surface area contributed by atoms with Crippen LogP contribution in [-0.2, 0) is 9.47 Å².